The molecule has 0 spiro atoms. The molecule has 1 nitrogen and oxygen atoms in total. The largest absolute Gasteiger partial charge is 1.00 e. The quantitative estimate of drug-likeness (QED) is 0.337. The Hall–Kier alpha value is -1.08. The Kier molecular flexibility index (Phi) is 6.74. The molecule has 0 aliphatic rings. The van der Waals surface area contributed by atoms with E-state index in [4.69, 9.17) is 4.42 Å². The summed E-state index contributed by atoms with van der Waals surface area (Å²) in [7, 11) is 0. The zero-order chi connectivity index (χ0) is 11.9. The van der Waals surface area contributed by atoms with Crippen molar-refractivity contribution in [2.24, 2.45) is 0 Å². The van der Waals surface area contributed by atoms with Gasteiger partial charge in [0.2, 0.25) is 0 Å². The van der Waals surface area contributed by atoms with Crippen molar-refractivity contribution >= 4 is 11.0 Å². The number of furan rings is 1. The van der Waals surface area contributed by atoms with E-state index in [1.54, 1.807) is 0 Å². The van der Waals surface area contributed by atoms with Crippen molar-refractivity contribution in [3.8, 4) is 11.8 Å². The van der Waals surface area contributed by atoms with Crippen LogP contribution in [0.1, 0.15) is 44.6 Å². The fourth-order valence-corrected chi connectivity index (χ4v) is 1.81. The maximum absolute atomic E-state index is 5.32. The fourth-order valence-electron chi connectivity index (χ4n) is 1.81. The summed E-state index contributed by atoms with van der Waals surface area (Å²) in [4.78, 5) is 0. The van der Waals surface area contributed by atoms with Gasteiger partial charge in [-0.2, -0.15) is 11.8 Å². The molecule has 0 amide bonds. The first-order chi connectivity index (χ1) is 8.42. The maximum Gasteiger partial charge on any atom is 1.00 e. The molecule has 0 saturated carbocycles. The standard InChI is InChI=1S/C16H17O.Li/c1-2-3-4-5-6-7-10-14-13-17-16-12-9-8-11-15(14)16;/h8-9,11-12H,2-6H2,1H3;/q-1;+1. The molecule has 0 fully saturated rings. The van der Waals surface area contributed by atoms with E-state index >= 15 is 0 Å². The number of benzene rings is 1. The summed E-state index contributed by atoms with van der Waals surface area (Å²) >= 11 is 0. The van der Waals surface area contributed by atoms with Gasteiger partial charge in [-0.3, -0.25) is 0 Å². The van der Waals surface area contributed by atoms with Crippen LogP contribution in [0.5, 0.6) is 0 Å². The smallest absolute Gasteiger partial charge is 0.557 e. The second-order valence-electron chi connectivity index (χ2n) is 4.19. The Morgan fingerprint density at radius 3 is 2.83 bits per heavy atom. The van der Waals surface area contributed by atoms with Crippen molar-refractivity contribution in [2.75, 3.05) is 0 Å². The van der Waals surface area contributed by atoms with Gasteiger partial charge in [0, 0.05) is 11.8 Å². The van der Waals surface area contributed by atoms with Crippen molar-refractivity contribution in [1.82, 2.24) is 0 Å². The summed E-state index contributed by atoms with van der Waals surface area (Å²) in [5, 5.41) is 1.06. The SMILES string of the molecule is CCCCCCC#Cc1[c-]oc2ccccc12.[Li+]. The Morgan fingerprint density at radius 1 is 1.17 bits per heavy atom. The predicted octanol–water partition coefficient (Wildman–Crippen LogP) is 1.56. The van der Waals surface area contributed by atoms with Gasteiger partial charge < -0.3 is 4.42 Å². The number of para-hydroxylation sites is 1. The van der Waals surface area contributed by atoms with Crippen LogP contribution in [0.25, 0.3) is 11.0 Å². The van der Waals surface area contributed by atoms with Crippen molar-refractivity contribution in [1.29, 1.82) is 0 Å². The fraction of sp³-hybridized carbons (Fsp3) is 0.375. The normalized spacial score (nSPS) is 9.61. The zero-order valence-electron chi connectivity index (χ0n) is 11.3. The first-order valence-electron chi connectivity index (χ1n) is 6.30. The Morgan fingerprint density at radius 2 is 2.00 bits per heavy atom. The van der Waals surface area contributed by atoms with Crippen LogP contribution in [0.4, 0.5) is 0 Å². The van der Waals surface area contributed by atoms with Crippen LogP contribution in [-0.2, 0) is 0 Å². The van der Waals surface area contributed by atoms with Crippen molar-refractivity contribution in [3.63, 3.8) is 0 Å². The molecule has 1 heterocycles. The molecule has 18 heavy (non-hydrogen) atoms. The molecule has 0 aliphatic heterocycles. The third-order valence-electron chi connectivity index (χ3n) is 2.79. The third kappa shape index (κ3) is 3.99. The third-order valence-corrected chi connectivity index (χ3v) is 2.79. The van der Waals surface area contributed by atoms with Gasteiger partial charge in [0.05, 0.1) is 0 Å². The van der Waals surface area contributed by atoms with Gasteiger partial charge in [-0.05, 0) is 12.8 Å². The number of fused-ring (bicyclic) bond motifs is 1. The second-order valence-corrected chi connectivity index (χ2v) is 4.19. The molecule has 0 atom stereocenters. The van der Waals surface area contributed by atoms with Crippen LogP contribution in [0.15, 0.2) is 28.7 Å². The van der Waals surface area contributed by atoms with E-state index in [2.05, 4.69) is 25.0 Å². The molecule has 0 N–H and O–H groups in total. The summed E-state index contributed by atoms with van der Waals surface area (Å²) in [6.45, 7) is 2.22. The number of hydrogen-bond donors (Lipinski definition) is 0. The Bertz CT molecular complexity index is 531. The molecular formula is C16H17LiO. The molecule has 88 valence electrons. The van der Waals surface area contributed by atoms with Crippen LogP contribution in [-0.4, -0.2) is 0 Å². The van der Waals surface area contributed by atoms with Crippen molar-refractivity contribution < 1.29 is 23.3 Å². The van der Waals surface area contributed by atoms with Gasteiger partial charge >= 0.3 is 18.9 Å². The van der Waals surface area contributed by atoms with E-state index in [0.29, 0.717) is 0 Å². The van der Waals surface area contributed by atoms with Crippen LogP contribution in [0.3, 0.4) is 0 Å². The second kappa shape index (κ2) is 8.10. The summed E-state index contributed by atoms with van der Waals surface area (Å²) in [5.74, 6) is 6.34. The monoisotopic (exact) mass is 232 g/mol. The number of unbranched alkanes of at least 4 members (excludes halogenated alkanes) is 4. The first kappa shape index (κ1) is 15.0. The van der Waals surface area contributed by atoms with Crippen LogP contribution >= 0.6 is 0 Å². The molecule has 0 bridgehead atoms. The molecule has 2 rings (SSSR count). The van der Waals surface area contributed by atoms with Crippen LogP contribution < -0.4 is 18.9 Å². The van der Waals surface area contributed by atoms with Crippen molar-refractivity contribution in [2.45, 2.75) is 39.0 Å². The van der Waals surface area contributed by atoms with E-state index in [0.717, 1.165) is 23.0 Å². The van der Waals surface area contributed by atoms with E-state index in [9.17, 15) is 0 Å². The van der Waals surface area contributed by atoms with E-state index in [-0.39, 0.29) is 18.9 Å². The molecule has 1 aromatic carbocycles. The first-order valence-corrected chi connectivity index (χ1v) is 6.30. The average Bonchev–Trinajstić information content (AvgIpc) is 2.77. The Balaban J connectivity index is 0.00000162. The molecular weight excluding hydrogens is 215 g/mol. The minimum atomic E-state index is 0. The van der Waals surface area contributed by atoms with Gasteiger partial charge in [0.1, 0.15) is 0 Å². The van der Waals surface area contributed by atoms with Gasteiger partial charge in [-0.15, -0.1) is 6.07 Å². The molecule has 2 aromatic rings. The number of hydrogen-bond acceptors (Lipinski definition) is 1. The molecule has 0 radical (unpaired) electrons. The minimum Gasteiger partial charge on any atom is -0.557 e. The number of rotatable bonds is 4. The van der Waals surface area contributed by atoms with Crippen LogP contribution in [0, 0.1) is 18.1 Å². The summed E-state index contributed by atoms with van der Waals surface area (Å²) < 4.78 is 5.32. The van der Waals surface area contributed by atoms with Gasteiger partial charge in [0.25, 0.3) is 0 Å². The molecule has 0 unspecified atom stereocenters. The van der Waals surface area contributed by atoms with E-state index < -0.39 is 0 Å². The van der Waals surface area contributed by atoms with Crippen molar-refractivity contribution in [3.05, 3.63) is 36.1 Å². The molecule has 0 aliphatic carbocycles. The van der Waals surface area contributed by atoms with E-state index in [1.807, 2.05) is 24.3 Å². The van der Waals surface area contributed by atoms with Gasteiger partial charge in [-0.25, -0.2) is 0 Å². The predicted molar refractivity (Wildman–Crippen MR) is 70.7 cm³/mol. The molecule has 2 heteroatoms. The van der Waals surface area contributed by atoms with E-state index in [1.165, 1.54) is 25.7 Å². The minimum absolute atomic E-state index is 0. The summed E-state index contributed by atoms with van der Waals surface area (Å²) in [6.07, 6.45) is 8.88. The van der Waals surface area contributed by atoms with Gasteiger partial charge in [-0.1, -0.05) is 55.3 Å². The molecule has 1 aromatic heterocycles. The van der Waals surface area contributed by atoms with Gasteiger partial charge in [0.15, 0.2) is 0 Å². The maximum atomic E-state index is 5.32. The Labute approximate surface area is 121 Å². The molecule has 0 saturated heterocycles. The summed E-state index contributed by atoms with van der Waals surface area (Å²) in [6, 6.07) is 7.93. The zero-order valence-corrected chi connectivity index (χ0v) is 11.3. The van der Waals surface area contributed by atoms with Crippen LogP contribution in [0.2, 0.25) is 0 Å². The average molecular weight is 232 g/mol. The summed E-state index contributed by atoms with van der Waals surface area (Å²) in [5.41, 5.74) is 1.75. The topological polar surface area (TPSA) is 13.1 Å².